The number of anilines is 1. The Labute approximate surface area is 138 Å². The molecule has 5 heteroatoms. The summed E-state index contributed by atoms with van der Waals surface area (Å²) < 4.78 is 5.44. The third-order valence-electron chi connectivity index (χ3n) is 4.35. The fourth-order valence-electron chi connectivity index (χ4n) is 3.11. The van der Waals surface area contributed by atoms with E-state index in [-0.39, 0.29) is 5.91 Å². The molecule has 0 saturated carbocycles. The van der Waals surface area contributed by atoms with Crippen LogP contribution in [0.1, 0.15) is 28.4 Å². The van der Waals surface area contributed by atoms with E-state index < -0.39 is 11.3 Å². The van der Waals surface area contributed by atoms with Crippen LogP contribution in [-0.4, -0.2) is 5.91 Å². The number of aryl methyl sites for hydroxylation is 1. The predicted molar refractivity (Wildman–Crippen MR) is 92.1 cm³/mol. The van der Waals surface area contributed by atoms with Crippen molar-refractivity contribution in [2.24, 2.45) is 0 Å². The van der Waals surface area contributed by atoms with Crippen LogP contribution in [0.4, 0.5) is 5.69 Å². The summed E-state index contributed by atoms with van der Waals surface area (Å²) in [5.41, 5.74) is 1.69. The first-order valence-corrected chi connectivity index (χ1v) is 7.71. The highest BCUT2D eigenvalue weighted by atomic mass is 16.4. The number of hydrogen-bond donors (Lipinski definition) is 2. The molecular weight excluding hydrogens is 304 g/mol. The molecule has 3 aromatic rings. The fraction of sp³-hybridized carbons (Fsp3) is 0.158. The monoisotopic (exact) mass is 320 g/mol. The van der Waals surface area contributed by atoms with Crippen molar-refractivity contribution in [1.82, 2.24) is 5.32 Å². The molecule has 1 unspecified atom stereocenters. The van der Waals surface area contributed by atoms with Crippen LogP contribution in [-0.2, 0) is 5.66 Å². The summed E-state index contributed by atoms with van der Waals surface area (Å²) in [6, 6.07) is 14.6. The van der Waals surface area contributed by atoms with Gasteiger partial charge < -0.3 is 15.1 Å². The number of amides is 1. The molecule has 1 amide bonds. The Balaban J connectivity index is 1.89. The van der Waals surface area contributed by atoms with Crippen molar-refractivity contribution in [3.05, 3.63) is 75.6 Å². The lowest BCUT2D eigenvalue weighted by Gasteiger charge is -2.37. The van der Waals surface area contributed by atoms with E-state index in [1.165, 1.54) is 0 Å². The molecule has 1 aliphatic rings. The van der Waals surface area contributed by atoms with Crippen LogP contribution in [0.2, 0.25) is 0 Å². The number of nitrogens with one attached hydrogen (secondary N) is 2. The molecule has 0 spiro atoms. The second kappa shape index (κ2) is 4.96. The highest BCUT2D eigenvalue weighted by Gasteiger charge is 2.37. The Hall–Kier alpha value is -3.08. The average molecular weight is 320 g/mol. The number of hydrogen-bond acceptors (Lipinski definition) is 4. The molecule has 0 radical (unpaired) electrons. The van der Waals surface area contributed by atoms with Crippen molar-refractivity contribution in [2.75, 3.05) is 5.32 Å². The third-order valence-corrected chi connectivity index (χ3v) is 4.35. The van der Waals surface area contributed by atoms with Crippen LogP contribution < -0.4 is 16.3 Å². The average Bonchev–Trinajstić information content (AvgIpc) is 2.54. The zero-order valence-electron chi connectivity index (χ0n) is 13.3. The van der Waals surface area contributed by atoms with Crippen molar-refractivity contribution in [2.45, 2.75) is 19.5 Å². The maximum atomic E-state index is 12.5. The zero-order chi connectivity index (χ0) is 16.9. The van der Waals surface area contributed by atoms with Gasteiger partial charge in [0.15, 0.2) is 0 Å². The van der Waals surface area contributed by atoms with Crippen molar-refractivity contribution in [3.63, 3.8) is 0 Å². The van der Waals surface area contributed by atoms with Crippen molar-refractivity contribution in [1.29, 1.82) is 0 Å². The molecule has 2 aromatic carbocycles. The number of benzene rings is 2. The standard InChI is InChI=1S/C19H16N2O3/c1-11-7-8-16-12(9-11)10-14(18(23)24-16)19(2)20-15-6-4-3-5-13(15)17(22)21-19/h3-10,20H,1-2H3,(H,21,22). The van der Waals surface area contributed by atoms with E-state index in [1.807, 2.05) is 31.2 Å². The second-order valence-corrected chi connectivity index (χ2v) is 6.24. The minimum atomic E-state index is -1.04. The molecule has 1 aliphatic heterocycles. The molecule has 1 atom stereocenters. The molecule has 5 nitrogen and oxygen atoms in total. The number of fused-ring (bicyclic) bond motifs is 2. The van der Waals surface area contributed by atoms with Gasteiger partial charge in [-0.25, -0.2) is 4.79 Å². The minimum absolute atomic E-state index is 0.226. The van der Waals surface area contributed by atoms with E-state index in [2.05, 4.69) is 10.6 Å². The maximum Gasteiger partial charge on any atom is 0.343 e. The second-order valence-electron chi connectivity index (χ2n) is 6.24. The lowest BCUT2D eigenvalue weighted by Crippen LogP contribution is -2.54. The van der Waals surface area contributed by atoms with Crippen LogP contribution in [0.5, 0.6) is 0 Å². The number of carbonyl (C=O) groups excluding carboxylic acids is 1. The molecule has 1 aromatic heterocycles. The Morgan fingerprint density at radius 1 is 1.00 bits per heavy atom. The summed E-state index contributed by atoms with van der Waals surface area (Å²) in [5, 5.41) is 6.94. The van der Waals surface area contributed by atoms with E-state index in [1.54, 1.807) is 31.2 Å². The van der Waals surface area contributed by atoms with Gasteiger partial charge in [-0.3, -0.25) is 4.79 Å². The summed E-state index contributed by atoms with van der Waals surface area (Å²) in [6.45, 7) is 3.73. The van der Waals surface area contributed by atoms with E-state index in [4.69, 9.17) is 4.42 Å². The maximum absolute atomic E-state index is 12.5. The molecular formula is C19H16N2O3. The van der Waals surface area contributed by atoms with Crippen LogP contribution in [0.3, 0.4) is 0 Å². The van der Waals surface area contributed by atoms with Crippen LogP contribution >= 0.6 is 0 Å². The quantitative estimate of drug-likeness (QED) is 0.676. The van der Waals surface area contributed by atoms with Gasteiger partial charge in [0.1, 0.15) is 11.2 Å². The molecule has 2 heterocycles. The van der Waals surface area contributed by atoms with Gasteiger partial charge in [-0.2, -0.15) is 0 Å². The highest BCUT2D eigenvalue weighted by molar-refractivity contribution is 6.02. The lowest BCUT2D eigenvalue weighted by atomic mass is 9.96. The van der Waals surface area contributed by atoms with Crippen LogP contribution in [0.15, 0.2) is 57.7 Å². The van der Waals surface area contributed by atoms with E-state index in [0.717, 1.165) is 10.9 Å². The highest BCUT2D eigenvalue weighted by Crippen LogP contribution is 2.30. The predicted octanol–water partition coefficient (Wildman–Crippen LogP) is 3.13. The van der Waals surface area contributed by atoms with Crippen molar-refractivity contribution in [3.8, 4) is 0 Å². The van der Waals surface area contributed by atoms with Gasteiger partial charge in [0.2, 0.25) is 0 Å². The molecule has 0 fully saturated rings. The normalized spacial score (nSPS) is 19.5. The number of para-hydroxylation sites is 1. The molecule has 4 rings (SSSR count). The Bertz CT molecular complexity index is 1040. The summed E-state index contributed by atoms with van der Waals surface area (Å²) in [7, 11) is 0. The first kappa shape index (κ1) is 14.5. The molecule has 0 aliphatic carbocycles. The molecule has 2 N–H and O–H groups in total. The topological polar surface area (TPSA) is 71.3 Å². The largest absolute Gasteiger partial charge is 0.422 e. The lowest BCUT2D eigenvalue weighted by molar-refractivity contribution is 0.0905. The Morgan fingerprint density at radius 3 is 2.62 bits per heavy atom. The van der Waals surface area contributed by atoms with Gasteiger partial charge >= 0.3 is 5.63 Å². The van der Waals surface area contributed by atoms with Crippen LogP contribution in [0.25, 0.3) is 11.0 Å². The van der Waals surface area contributed by atoms with E-state index in [0.29, 0.717) is 22.4 Å². The summed E-state index contributed by atoms with van der Waals surface area (Å²) in [6.07, 6.45) is 0. The zero-order valence-corrected chi connectivity index (χ0v) is 13.3. The summed E-state index contributed by atoms with van der Waals surface area (Å²) in [4.78, 5) is 24.9. The van der Waals surface area contributed by atoms with Crippen LogP contribution in [0, 0.1) is 6.92 Å². The molecule has 0 bridgehead atoms. The van der Waals surface area contributed by atoms with Gasteiger partial charge in [-0.15, -0.1) is 0 Å². The number of rotatable bonds is 1. The van der Waals surface area contributed by atoms with Gasteiger partial charge in [0.25, 0.3) is 5.91 Å². The fourth-order valence-corrected chi connectivity index (χ4v) is 3.11. The minimum Gasteiger partial charge on any atom is -0.422 e. The SMILES string of the molecule is Cc1ccc2oc(=O)c(C3(C)NC(=O)c4ccccc4N3)cc2c1. The summed E-state index contributed by atoms with van der Waals surface area (Å²) in [5.74, 6) is -0.226. The molecule has 120 valence electrons. The molecule has 0 saturated heterocycles. The molecule has 24 heavy (non-hydrogen) atoms. The smallest absolute Gasteiger partial charge is 0.343 e. The number of carbonyl (C=O) groups is 1. The van der Waals surface area contributed by atoms with Crippen molar-refractivity contribution < 1.29 is 9.21 Å². The van der Waals surface area contributed by atoms with Crippen molar-refractivity contribution >= 4 is 22.6 Å². The third kappa shape index (κ3) is 2.17. The first-order chi connectivity index (χ1) is 11.5. The Kier molecular flexibility index (Phi) is 3.00. The summed E-state index contributed by atoms with van der Waals surface area (Å²) >= 11 is 0. The van der Waals surface area contributed by atoms with Gasteiger partial charge in [-0.05, 0) is 44.2 Å². The van der Waals surface area contributed by atoms with E-state index >= 15 is 0 Å². The van der Waals surface area contributed by atoms with Gasteiger partial charge in [0, 0.05) is 11.1 Å². The van der Waals surface area contributed by atoms with E-state index in [9.17, 15) is 9.59 Å². The van der Waals surface area contributed by atoms with Gasteiger partial charge in [0.05, 0.1) is 11.1 Å². The first-order valence-electron chi connectivity index (χ1n) is 7.71. The Morgan fingerprint density at radius 2 is 1.79 bits per heavy atom. The van der Waals surface area contributed by atoms with Gasteiger partial charge in [-0.1, -0.05) is 23.8 Å².